The van der Waals surface area contributed by atoms with Gasteiger partial charge < -0.3 is 15.7 Å². The van der Waals surface area contributed by atoms with E-state index in [4.69, 9.17) is 18.0 Å². The van der Waals surface area contributed by atoms with Crippen LogP contribution in [-0.2, 0) is 4.79 Å². The van der Waals surface area contributed by atoms with Gasteiger partial charge in [0.05, 0.1) is 23.1 Å². The minimum Gasteiger partial charge on any atom is -0.393 e. The molecule has 3 atom stereocenters. The van der Waals surface area contributed by atoms with E-state index in [1.807, 2.05) is 6.92 Å². The first-order valence-corrected chi connectivity index (χ1v) is 7.13. The molecule has 0 aromatic heterocycles. The molecule has 0 spiro atoms. The van der Waals surface area contributed by atoms with Crippen molar-refractivity contribution in [3.05, 3.63) is 0 Å². The number of nitrogens with two attached hydrogens (primary N) is 1. The van der Waals surface area contributed by atoms with Crippen molar-refractivity contribution >= 4 is 23.1 Å². The van der Waals surface area contributed by atoms with Gasteiger partial charge in [0.2, 0.25) is 5.91 Å². The van der Waals surface area contributed by atoms with E-state index in [0.29, 0.717) is 6.42 Å². The van der Waals surface area contributed by atoms with Crippen LogP contribution < -0.4 is 5.73 Å². The van der Waals surface area contributed by atoms with Crippen LogP contribution in [0.1, 0.15) is 45.4 Å². The molecule has 0 aromatic carbocycles. The SMILES string of the molecule is CCCC(C(=O)N(C)C1CCCCC1O)C(N)=S. The number of carbonyl (C=O) groups excluding carboxylic acids is 1. The van der Waals surface area contributed by atoms with Gasteiger partial charge in [-0.1, -0.05) is 38.4 Å². The number of hydrogen-bond donors (Lipinski definition) is 2. The molecule has 0 bridgehead atoms. The Morgan fingerprint density at radius 3 is 2.61 bits per heavy atom. The maximum absolute atomic E-state index is 12.4. The molecule has 5 heteroatoms. The van der Waals surface area contributed by atoms with Gasteiger partial charge in [-0.25, -0.2) is 0 Å². The number of amides is 1. The summed E-state index contributed by atoms with van der Waals surface area (Å²) in [6, 6.07) is -0.0834. The highest BCUT2D eigenvalue weighted by Gasteiger charge is 2.33. The predicted molar refractivity (Wildman–Crippen MR) is 76.2 cm³/mol. The Balaban J connectivity index is 2.71. The Morgan fingerprint density at radius 1 is 1.50 bits per heavy atom. The number of carbonyl (C=O) groups is 1. The fourth-order valence-electron chi connectivity index (χ4n) is 2.63. The number of thiocarbonyl (C=S) groups is 1. The van der Waals surface area contributed by atoms with Gasteiger partial charge in [0.25, 0.3) is 0 Å². The van der Waals surface area contributed by atoms with E-state index in [2.05, 4.69) is 0 Å². The van der Waals surface area contributed by atoms with E-state index in [9.17, 15) is 9.90 Å². The standard InChI is InChI=1S/C13H24N2O2S/c1-3-6-9(12(14)18)13(17)15(2)10-7-4-5-8-11(10)16/h9-11,16H,3-8H2,1-2H3,(H2,14,18). The van der Waals surface area contributed by atoms with Crippen LogP contribution in [0.2, 0.25) is 0 Å². The maximum Gasteiger partial charge on any atom is 0.232 e. The summed E-state index contributed by atoms with van der Waals surface area (Å²) in [7, 11) is 1.75. The highest BCUT2D eigenvalue weighted by Crippen LogP contribution is 2.24. The second-order valence-corrected chi connectivity index (χ2v) is 5.58. The van der Waals surface area contributed by atoms with E-state index in [0.717, 1.165) is 32.1 Å². The topological polar surface area (TPSA) is 66.6 Å². The number of likely N-dealkylation sites (N-methyl/N-ethyl adjacent to an activating group) is 1. The summed E-state index contributed by atoms with van der Waals surface area (Å²) in [4.78, 5) is 14.3. The number of aliphatic hydroxyl groups excluding tert-OH is 1. The third kappa shape index (κ3) is 3.65. The van der Waals surface area contributed by atoms with Gasteiger partial charge in [-0.05, 0) is 19.3 Å². The monoisotopic (exact) mass is 272 g/mol. The van der Waals surface area contributed by atoms with E-state index in [1.54, 1.807) is 11.9 Å². The van der Waals surface area contributed by atoms with E-state index in [1.165, 1.54) is 0 Å². The van der Waals surface area contributed by atoms with Crippen molar-refractivity contribution in [2.75, 3.05) is 7.05 Å². The van der Waals surface area contributed by atoms with Crippen LogP contribution in [0.4, 0.5) is 0 Å². The molecular formula is C13H24N2O2S. The van der Waals surface area contributed by atoms with Crippen LogP contribution in [0.5, 0.6) is 0 Å². The fraction of sp³-hybridized carbons (Fsp3) is 0.846. The Hall–Kier alpha value is -0.680. The highest BCUT2D eigenvalue weighted by molar-refractivity contribution is 7.80. The molecule has 1 rings (SSSR count). The molecule has 1 aliphatic rings. The van der Waals surface area contributed by atoms with E-state index < -0.39 is 6.10 Å². The lowest BCUT2D eigenvalue weighted by Crippen LogP contribution is -2.50. The van der Waals surface area contributed by atoms with Crippen LogP contribution >= 0.6 is 12.2 Å². The zero-order valence-corrected chi connectivity index (χ0v) is 12.1. The van der Waals surface area contributed by atoms with Crippen molar-refractivity contribution < 1.29 is 9.90 Å². The quantitative estimate of drug-likeness (QED) is 0.743. The van der Waals surface area contributed by atoms with Crippen molar-refractivity contribution in [3.8, 4) is 0 Å². The number of aliphatic hydroxyl groups is 1. The van der Waals surface area contributed by atoms with Gasteiger partial charge >= 0.3 is 0 Å². The average molecular weight is 272 g/mol. The third-order valence-electron chi connectivity index (χ3n) is 3.76. The molecule has 18 heavy (non-hydrogen) atoms. The molecule has 0 radical (unpaired) electrons. The van der Waals surface area contributed by atoms with Crippen molar-refractivity contribution in [3.63, 3.8) is 0 Å². The lowest BCUT2D eigenvalue weighted by Gasteiger charge is -2.36. The zero-order valence-electron chi connectivity index (χ0n) is 11.3. The molecule has 1 aliphatic carbocycles. The van der Waals surface area contributed by atoms with Gasteiger partial charge in [-0.3, -0.25) is 4.79 Å². The molecule has 104 valence electrons. The molecule has 1 amide bonds. The first-order chi connectivity index (χ1) is 8.49. The lowest BCUT2D eigenvalue weighted by molar-refractivity contribution is -0.137. The fourth-order valence-corrected chi connectivity index (χ4v) is 2.85. The lowest BCUT2D eigenvalue weighted by atomic mass is 9.90. The summed E-state index contributed by atoms with van der Waals surface area (Å²) in [6.07, 6.45) is 4.86. The molecule has 1 fully saturated rings. The van der Waals surface area contributed by atoms with Crippen LogP contribution in [0.15, 0.2) is 0 Å². The zero-order chi connectivity index (χ0) is 13.7. The van der Waals surface area contributed by atoms with Crippen LogP contribution in [0.3, 0.4) is 0 Å². The largest absolute Gasteiger partial charge is 0.393 e. The molecule has 3 unspecified atom stereocenters. The molecular weight excluding hydrogens is 248 g/mol. The third-order valence-corrected chi connectivity index (χ3v) is 4.04. The van der Waals surface area contributed by atoms with Crippen molar-refractivity contribution in [2.24, 2.45) is 11.7 Å². The maximum atomic E-state index is 12.4. The first-order valence-electron chi connectivity index (χ1n) is 6.73. The van der Waals surface area contributed by atoms with Gasteiger partial charge in [-0.15, -0.1) is 0 Å². The molecule has 3 N–H and O–H groups in total. The summed E-state index contributed by atoms with van der Waals surface area (Å²) in [5.74, 6) is -0.431. The molecule has 1 saturated carbocycles. The Morgan fingerprint density at radius 2 is 2.11 bits per heavy atom. The van der Waals surface area contributed by atoms with Gasteiger partial charge in [0.15, 0.2) is 0 Å². The van der Waals surface area contributed by atoms with Gasteiger partial charge in [0.1, 0.15) is 0 Å². The van der Waals surface area contributed by atoms with Crippen LogP contribution in [-0.4, -0.2) is 40.1 Å². The van der Waals surface area contributed by atoms with Crippen LogP contribution in [0, 0.1) is 5.92 Å². The minimum absolute atomic E-state index is 0.0460. The van der Waals surface area contributed by atoms with Crippen LogP contribution in [0.25, 0.3) is 0 Å². The summed E-state index contributed by atoms with van der Waals surface area (Å²) in [5.41, 5.74) is 5.65. The highest BCUT2D eigenvalue weighted by atomic mass is 32.1. The number of hydrogen-bond acceptors (Lipinski definition) is 3. The summed E-state index contributed by atoms with van der Waals surface area (Å²) in [5, 5.41) is 9.98. The smallest absolute Gasteiger partial charge is 0.232 e. The van der Waals surface area contributed by atoms with Gasteiger partial charge in [0, 0.05) is 7.05 Å². The minimum atomic E-state index is -0.415. The summed E-state index contributed by atoms with van der Waals surface area (Å²) < 4.78 is 0. The van der Waals surface area contributed by atoms with Crippen molar-refractivity contribution in [1.82, 2.24) is 4.90 Å². The Bertz CT molecular complexity index is 309. The summed E-state index contributed by atoms with van der Waals surface area (Å²) >= 11 is 4.98. The van der Waals surface area contributed by atoms with E-state index in [-0.39, 0.29) is 22.9 Å². The molecule has 0 aliphatic heterocycles. The predicted octanol–water partition coefficient (Wildman–Crippen LogP) is 1.45. The Kier molecular flexibility index (Phi) is 6.02. The second kappa shape index (κ2) is 7.04. The van der Waals surface area contributed by atoms with Crippen molar-refractivity contribution in [2.45, 2.75) is 57.6 Å². The van der Waals surface area contributed by atoms with Gasteiger partial charge in [-0.2, -0.15) is 0 Å². The van der Waals surface area contributed by atoms with E-state index >= 15 is 0 Å². The first kappa shape index (κ1) is 15.4. The average Bonchev–Trinajstić information content (AvgIpc) is 2.34. The van der Waals surface area contributed by atoms with Crippen molar-refractivity contribution in [1.29, 1.82) is 0 Å². The normalized spacial score (nSPS) is 25.5. The molecule has 0 saturated heterocycles. The number of rotatable bonds is 5. The molecule has 0 heterocycles. The summed E-state index contributed by atoms with van der Waals surface area (Å²) in [6.45, 7) is 2.01. The second-order valence-electron chi connectivity index (χ2n) is 5.11. The molecule has 4 nitrogen and oxygen atoms in total. The molecule has 0 aromatic rings. The Labute approximate surface area is 115 Å². The number of nitrogens with zero attached hydrogens (tertiary/aromatic N) is 1.